The van der Waals surface area contributed by atoms with E-state index in [0.717, 1.165) is 37.8 Å². The average molecular weight is 389 g/mol. The summed E-state index contributed by atoms with van der Waals surface area (Å²) in [7, 11) is 0. The fourth-order valence-electron chi connectivity index (χ4n) is 4.48. The highest BCUT2D eigenvalue weighted by Gasteiger charge is 2.37. The average Bonchev–Trinajstić information content (AvgIpc) is 2.72. The lowest BCUT2D eigenvalue weighted by Crippen LogP contribution is -2.50. The van der Waals surface area contributed by atoms with E-state index in [-0.39, 0.29) is 30.5 Å². The summed E-state index contributed by atoms with van der Waals surface area (Å²) in [4.78, 5) is 28.3. The molecule has 1 N–H and O–H groups in total. The van der Waals surface area contributed by atoms with E-state index < -0.39 is 5.97 Å². The predicted octanol–water partition coefficient (Wildman–Crippen LogP) is 2.86. The molecule has 2 saturated heterocycles. The summed E-state index contributed by atoms with van der Waals surface area (Å²) in [5.41, 5.74) is 2.28. The SMILES string of the molecule is CCN(CC(=O)O)C1CCN(C(=O)C2CCCOC2c2ccc(C)cc2)CC1. The minimum absolute atomic E-state index is 0.0705. The third-order valence-corrected chi connectivity index (χ3v) is 6.08. The van der Waals surface area contributed by atoms with Crippen molar-refractivity contribution >= 4 is 11.9 Å². The molecule has 1 amide bonds. The fraction of sp³-hybridized carbons (Fsp3) is 0.636. The molecule has 28 heavy (non-hydrogen) atoms. The Morgan fingerprint density at radius 3 is 2.46 bits per heavy atom. The summed E-state index contributed by atoms with van der Waals surface area (Å²) in [6.07, 6.45) is 3.26. The summed E-state index contributed by atoms with van der Waals surface area (Å²) >= 11 is 0. The number of aliphatic carboxylic acids is 1. The molecule has 0 aromatic heterocycles. The number of carboxylic acid groups (broad SMARTS) is 1. The molecule has 6 nitrogen and oxygen atoms in total. The first-order valence-corrected chi connectivity index (χ1v) is 10.4. The molecule has 0 aliphatic carbocycles. The Morgan fingerprint density at radius 1 is 1.18 bits per heavy atom. The van der Waals surface area contributed by atoms with E-state index >= 15 is 0 Å². The predicted molar refractivity (Wildman–Crippen MR) is 107 cm³/mol. The quantitative estimate of drug-likeness (QED) is 0.811. The van der Waals surface area contributed by atoms with Crippen LogP contribution in [0.2, 0.25) is 0 Å². The van der Waals surface area contributed by atoms with Crippen LogP contribution in [-0.2, 0) is 14.3 Å². The van der Waals surface area contributed by atoms with Crippen molar-refractivity contribution in [1.82, 2.24) is 9.80 Å². The molecule has 0 bridgehead atoms. The van der Waals surface area contributed by atoms with Gasteiger partial charge in [-0.1, -0.05) is 36.8 Å². The van der Waals surface area contributed by atoms with Gasteiger partial charge in [-0.05, 0) is 44.7 Å². The van der Waals surface area contributed by atoms with Gasteiger partial charge in [0.25, 0.3) is 0 Å². The van der Waals surface area contributed by atoms with E-state index in [9.17, 15) is 9.59 Å². The number of hydrogen-bond acceptors (Lipinski definition) is 4. The summed E-state index contributed by atoms with van der Waals surface area (Å²) in [5.74, 6) is -0.736. The van der Waals surface area contributed by atoms with Crippen LogP contribution in [0.25, 0.3) is 0 Å². The van der Waals surface area contributed by atoms with Crippen LogP contribution in [0, 0.1) is 12.8 Å². The normalized spacial score (nSPS) is 23.8. The van der Waals surface area contributed by atoms with E-state index in [1.54, 1.807) is 0 Å². The van der Waals surface area contributed by atoms with Gasteiger partial charge in [-0.25, -0.2) is 0 Å². The minimum atomic E-state index is -0.791. The number of likely N-dealkylation sites (tertiary alicyclic amines) is 1. The number of piperidine rings is 1. The van der Waals surface area contributed by atoms with Crippen molar-refractivity contribution in [2.45, 2.75) is 51.7 Å². The molecule has 2 atom stereocenters. The summed E-state index contributed by atoms with van der Waals surface area (Å²) in [5, 5.41) is 9.09. The number of carbonyl (C=O) groups is 2. The number of rotatable bonds is 6. The van der Waals surface area contributed by atoms with Gasteiger partial charge in [-0.3, -0.25) is 14.5 Å². The number of likely N-dealkylation sites (N-methyl/N-ethyl adjacent to an activating group) is 1. The van der Waals surface area contributed by atoms with Gasteiger partial charge in [-0.2, -0.15) is 0 Å². The van der Waals surface area contributed by atoms with Crippen LogP contribution in [0.15, 0.2) is 24.3 Å². The lowest BCUT2D eigenvalue weighted by molar-refractivity contribution is -0.148. The number of benzene rings is 1. The molecule has 154 valence electrons. The Labute approximate surface area is 167 Å². The van der Waals surface area contributed by atoms with Gasteiger partial charge in [0, 0.05) is 25.7 Å². The number of ether oxygens (including phenoxy) is 1. The van der Waals surface area contributed by atoms with E-state index in [1.807, 2.05) is 16.7 Å². The third kappa shape index (κ3) is 4.92. The maximum atomic E-state index is 13.3. The number of amides is 1. The maximum absolute atomic E-state index is 13.3. The first kappa shape index (κ1) is 20.8. The van der Waals surface area contributed by atoms with Crippen LogP contribution in [0.1, 0.15) is 49.8 Å². The monoisotopic (exact) mass is 388 g/mol. The topological polar surface area (TPSA) is 70.1 Å². The lowest BCUT2D eigenvalue weighted by atomic mass is 9.87. The summed E-state index contributed by atoms with van der Waals surface area (Å²) < 4.78 is 6.03. The number of carbonyl (C=O) groups excluding carboxylic acids is 1. The fourth-order valence-corrected chi connectivity index (χ4v) is 4.48. The van der Waals surface area contributed by atoms with Crippen LogP contribution in [0.3, 0.4) is 0 Å². The highest BCUT2D eigenvalue weighted by molar-refractivity contribution is 5.80. The van der Waals surface area contributed by atoms with Crippen LogP contribution in [0.5, 0.6) is 0 Å². The largest absolute Gasteiger partial charge is 0.480 e. The molecule has 1 aromatic carbocycles. The van der Waals surface area contributed by atoms with Crippen molar-refractivity contribution in [2.24, 2.45) is 5.92 Å². The van der Waals surface area contributed by atoms with E-state index in [2.05, 4.69) is 31.2 Å². The van der Waals surface area contributed by atoms with Crippen molar-refractivity contribution in [3.63, 3.8) is 0 Å². The van der Waals surface area contributed by atoms with Gasteiger partial charge in [0.05, 0.1) is 18.6 Å². The summed E-state index contributed by atoms with van der Waals surface area (Å²) in [6, 6.07) is 8.52. The first-order chi connectivity index (χ1) is 13.5. The van der Waals surface area contributed by atoms with Crippen LogP contribution in [-0.4, -0.2) is 65.6 Å². The van der Waals surface area contributed by atoms with E-state index in [1.165, 1.54) is 5.56 Å². The molecule has 2 fully saturated rings. The third-order valence-electron chi connectivity index (χ3n) is 6.08. The Hall–Kier alpha value is -1.92. The van der Waals surface area contributed by atoms with Crippen molar-refractivity contribution < 1.29 is 19.4 Å². The van der Waals surface area contributed by atoms with Crippen LogP contribution < -0.4 is 0 Å². The van der Waals surface area contributed by atoms with E-state index in [0.29, 0.717) is 19.7 Å². The first-order valence-electron chi connectivity index (χ1n) is 10.4. The molecular formula is C22H32N2O4. The van der Waals surface area contributed by atoms with Crippen molar-refractivity contribution in [3.8, 4) is 0 Å². The lowest BCUT2D eigenvalue weighted by Gasteiger charge is -2.40. The molecule has 0 radical (unpaired) electrons. The standard InChI is InChI=1S/C22H32N2O4/c1-3-23(15-20(25)26)18-10-12-24(13-11-18)22(27)19-5-4-14-28-21(19)17-8-6-16(2)7-9-17/h6-9,18-19,21H,3-5,10-15H2,1-2H3,(H,25,26). The van der Waals surface area contributed by atoms with Gasteiger partial charge in [-0.15, -0.1) is 0 Å². The second-order valence-electron chi connectivity index (χ2n) is 7.96. The molecule has 3 rings (SSSR count). The molecule has 2 aliphatic heterocycles. The van der Waals surface area contributed by atoms with Gasteiger partial charge >= 0.3 is 5.97 Å². The molecule has 0 spiro atoms. The molecule has 2 unspecified atom stereocenters. The zero-order chi connectivity index (χ0) is 20.1. The van der Waals surface area contributed by atoms with E-state index in [4.69, 9.17) is 9.84 Å². The van der Waals surface area contributed by atoms with Crippen LogP contribution in [0.4, 0.5) is 0 Å². The van der Waals surface area contributed by atoms with Crippen molar-refractivity contribution in [1.29, 1.82) is 0 Å². The highest BCUT2D eigenvalue weighted by Crippen LogP contribution is 2.35. The second kappa shape index (κ2) is 9.52. The molecular weight excluding hydrogens is 356 g/mol. The Balaban J connectivity index is 1.63. The highest BCUT2D eigenvalue weighted by atomic mass is 16.5. The smallest absolute Gasteiger partial charge is 0.317 e. The zero-order valence-electron chi connectivity index (χ0n) is 17.0. The molecule has 2 aliphatic rings. The molecule has 2 heterocycles. The van der Waals surface area contributed by atoms with Gasteiger partial charge in [0.1, 0.15) is 0 Å². The van der Waals surface area contributed by atoms with Crippen molar-refractivity contribution in [3.05, 3.63) is 35.4 Å². The molecule has 1 aromatic rings. The number of carboxylic acids is 1. The Bertz CT molecular complexity index is 668. The molecule has 0 saturated carbocycles. The molecule has 6 heteroatoms. The van der Waals surface area contributed by atoms with Crippen LogP contribution >= 0.6 is 0 Å². The zero-order valence-corrected chi connectivity index (χ0v) is 17.0. The maximum Gasteiger partial charge on any atom is 0.317 e. The van der Waals surface area contributed by atoms with Crippen molar-refractivity contribution in [2.75, 3.05) is 32.8 Å². The number of aryl methyl sites for hydroxylation is 1. The Kier molecular flexibility index (Phi) is 7.08. The van der Waals surface area contributed by atoms with Gasteiger partial charge in [0.15, 0.2) is 0 Å². The second-order valence-corrected chi connectivity index (χ2v) is 7.96. The minimum Gasteiger partial charge on any atom is -0.480 e. The Morgan fingerprint density at radius 2 is 1.86 bits per heavy atom. The number of nitrogens with zero attached hydrogens (tertiary/aromatic N) is 2. The van der Waals surface area contributed by atoms with Gasteiger partial charge in [0.2, 0.25) is 5.91 Å². The number of hydrogen-bond donors (Lipinski definition) is 1. The summed E-state index contributed by atoms with van der Waals surface area (Å²) in [6.45, 7) is 6.92. The van der Waals surface area contributed by atoms with Gasteiger partial charge < -0.3 is 14.7 Å².